The van der Waals surface area contributed by atoms with Gasteiger partial charge in [0.05, 0.1) is 6.10 Å². The van der Waals surface area contributed by atoms with Crippen LogP contribution in [0.1, 0.15) is 37.5 Å². The second-order valence-corrected chi connectivity index (χ2v) is 5.21. The van der Waals surface area contributed by atoms with Gasteiger partial charge in [-0.25, -0.2) is 0 Å². The largest absolute Gasteiger partial charge is 0.388 e. The van der Waals surface area contributed by atoms with Gasteiger partial charge in [0.2, 0.25) is 0 Å². The number of hydrogen-bond donors (Lipinski definition) is 1. The molecule has 0 spiro atoms. The van der Waals surface area contributed by atoms with E-state index in [1.165, 1.54) is 11.3 Å². The molecule has 0 saturated carbocycles. The van der Waals surface area contributed by atoms with Crippen molar-refractivity contribution in [1.82, 2.24) is 0 Å². The van der Waals surface area contributed by atoms with Crippen LogP contribution in [0.3, 0.4) is 0 Å². The average Bonchev–Trinajstić information content (AvgIpc) is 2.59. The summed E-state index contributed by atoms with van der Waals surface area (Å²) in [6.45, 7) is 5.38. The standard InChI is InChI=1S/C14H21NO/c1-10(2)8-14(16)12-4-5-13-11(9-12)6-7-15(13)3/h4-5,9-10,14,16H,6-8H2,1-3H3. The summed E-state index contributed by atoms with van der Waals surface area (Å²) >= 11 is 0. The molecule has 0 amide bonds. The Kier molecular flexibility index (Phi) is 3.20. The molecule has 0 radical (unpaired) electrons. The summed E-state index contributed by atoms with van der Waals surface area (Å²) in [6.07, 6.45) is 1.64. The highest BCUT2D eigenvalue weighted by atomic mass is 16.3. The summed E-state index contributed by atoms with van der Waals surface area (Å²) in [5, 5.41) is 10.1. The van der Waals surface area contributed by atoms with E-state index in [1.807, 2.05) is 0 Å². The van der Waals surface area contributed by atoms with Crippen LogP contribution in [0.4, 0.5) is 5.69 Å². The smallest absolute Gasteiger partial charge is 0.0792 e. The molecule has 1 atom stereocenters. The third-order valence-electron chi connectivity index (χ3n) is 3.31. The quantitative estimate of drug-likeness (QED) is 0.845. The predicted molar refractivity (Wildman–Crippen MR) is 67.8 cm³/mol. The zero-order valence-electron chi connectivity index (χ0n) is 10.4. The first-order chi connectivity index (χ1) is 7.58. The highest BCUT2D eigenvalue weighted by Crippen LogP contribution is 2.30. The van der Waals surface area contributed by atoms with Crippen molar-refractivity contribution in [3.05, 3.63) is 29.3 Å². The molecule has 0 saturated heterocycles. The minimum atomic E-state index is -0.309. The highest BCUT2D eigenvalue weighted by Gasteiger charge is 2.18. The number of anilines is 1. The number of hydrogen-bond acceptors (Lipinski definition) is 2. The molecule has 0 aromatic heterocycles. The van der Waals surface area contributed by atoms with E-state index in [0.717, 1.165) is 24.9 Å². The van der Waals surface area contributed by atoms with Crippen molar-refractivity contribution in [3.63, 3.8) is 0 Å². The second-order valence-electron chi connectivity index (χ2n) is 5.21. The monoisotopic (exact) mass is 219 g/mol. The lowest BCUT2D eigenvalue weighted by molar-refractivity contribution is 0.151. The molecule has 88 valence electrons. The predicted octanol–water partition coefficient (Wildman–Crippen LogP) is 2.76. The van der Waals surface area contributed by atoms with Crippen LogP contribution >= 0.6 is 0 Å². The molecule has 16 heavy (non-hydrogen) atoms. The number of rotatable bonds is 3. The molecule has 2 nitrogen and oxygen atoms in total. The van der Waals surface area contributed by atoms with Crippen molar-refractivity contribution in [2.75, 3.05) is 18.5 Å². The minimum Gasteiger partial charge on any atom is -0.388 e. The second kappa shape index (κ2) is 4.46. The molecule has 1 aliphatic heterocycles. The summed E-state index contributed by atoms with van der Waals surface area (Å²) in [6, 6.07) is 6.38. The molecule has 1 aromatic rings. The fourth-order valence-corrected chi connectivity index (χ4v) is 2.38. The zero-order valence-corrected chi connectivity index (χ0v) is 10.4. The van der Waals surface area contributed by atoms with Gasteiger partial charge < -0.3 is 10.0 Å². The number of aliphatic hydroxyl groups excluding tert-OH is 1. The zero-order chi connectivity index (χ0) is 11.7. The van der Waals surface area contributed by atoms with E-state index in [2.05, 4.69) is 44.0 Å². The van der Waals surface area contributed by atoms with E-state index >= 15 is 0 Å². The Labute approximate surface area is 97.9 Å². The van der Waals surface area contributed by atoms with Crippen molar-refractivity contribution >= 4 is 5.69 Å². The van der Waals surface area contributed by atoms with Crippen molar-refractivity contribution in [2.24, 2.45) is 5.92 Å². The Hall–Kier alpha value is -1.02. The van der Waals surface area contributed by atoms with Gasteiger partial charge in [-0.15, -0.1) is 0 Å². The van der Waals surface area contributed by atoms with Gasteiger partial charge in [0.15, 0.2) is 0 Å². The number of nitrogens with zero attached hydrogens (tertiary/aromatic N) is 1. The lowest BCUT2D eigenvalue weighted by Gasteiger charge is -2.16. The topological polar surface area (TPSA) is 23.5 Å². The van der Waals surface area contributed by atoms with Crippen LogP contribution < -0.4 is 4.90 Å². The van der Waals surface area contributed by atoms with Crippen LogP contribution in [-0.2, 0) is 6.42 Å². The molecular weight excluding hydrogens is 198 g/mol. The Morgan fingerprint density at radius 2 is 2.12 bits per heavy atom. The van der Waals surface area contributed by atoms with Gasteiger partial charge in [0.1, 0.15) is 0 Å². The van der Waals surface area contributed by atoms with Crippen LogP contribution in [-0.4, -0.2) is 18.7 Å². The van der Waals surface area contributed by atoms with Crippen molar-refractivity contribution in [3.8, 4) is 0 Å². The van der Waals surface area contributed by atoms with Gasteiger partial charge in [-0.2, -0.15) is 0 Å². The van der Waals surface area contributed by atoms with Crippen molar-refractivity contribution in [2.45, 2.75) is 32.8 Å². The fourth-order valence-electron chi connectivity index (χ4n) is 2.38. The third kappa shape index (κ3) is 2.22. The van der Waals surface area contributed by atoms with Gasteiger partial charge in [-0.3, -0.25) is 0 Å². The molecule has 0 bridgehead atoms. The molecular formula is C14H21NO. The number of benzene rings is 1. The maximum absolute atomic E-state index is 10.1. The van der Waals surface area contributed by atoms with E-state index < -0.39 is 0 Å². The lowest BCUT2D eigenvalue weighted by atomic mass is 9.97. The van der Waals surface area contributed by atoms with Crippen molar-refractivity contribution < 1.29 is 5.11 Å². The highest BCUT2D eigenvalue weighted by molar-refractivity contribution is 5.58. The fraction of sp³-hybridized carbons (Fsp3) is 0.571. The summed E-state index contributed by atoms with van der Waals surface area (Å²) in [7, 11) is 2.12. The van der Waals surface area contributed by atoms with Crippen LogP contribution in [0.25, 0.3) is 0 Å². The first-order valence-corrected chi connectivity index (χ1v) is 6.10. The van der Waals surface area contributed by atoms with E-state index in [1.54, 1.807) is 0 Å². The number of likely N-dealkylation sites (N-methyl/N-ethyl adjacent to an activating group) is 1. The first-order valence-electron chi connectivity index (χ1n) is 6.10. The summed E-state index contributed by atoms with van der Waals surface area (Å²) in [5.74, 6) is 0.533. The van der Waals surface area contributed by atoms with Crippen LogP contribution in [0.5, 0.6) is 0 Å². The van der Waals surface area contributed by atoms with Crippen molar-refractivity contribution in [1.29, 1.82) is 0 Å². The van der Waals surface area contributed by atoms with Crippen LogP contribution in [0.2, 0.25) is 0 Å². The van der Waals surface area contributed by atoms with Gasteiger partial charge in [0, 0.05) is 19.3 Å². The number of fused-ring (bicyclic) bond motifs is 1. The molecule has 1 aromatic carbocycles. The third-order valence-corrected chi connectivity index (χ3v) is 3.31. The molecule has 1 heterocycles. The molecule has 0 fully saturated rings. The Morgan fingerprint density at radius 3 is 2.81 bits per heavy atom. The Balaban J connectivity index is 2.18. The summed E-state index contributed by atoms with van der Waals surface area (Å²) in [4.78, 5) is 2.27. The Morgan fingerprint density at radius 1 is 1.38 bits per heavy atom. The van der Waals surface area contributed by atoms with E-state index in [-0.39, 0.29) is 6.10 Å². The molecule has 0 aliphatic carbocycles. The molecule has 1 unspecified atom stereocenters. The first kappa shape index (κ1) is 11.5. The molecule has 1 aliphatic rings. The maximum atomic E-state index is 10.1. The maximum Gasteiger partial charge on any atom is 0.0792 e. The van der Waals surface area contributed by atoms with Gasteiger partial charge in [-0.05, 0) is 36.0 Å². The molecule has 1 N–H and O–H groups in total. The van der Waals surface area contributed by atoms with Crippen LogP contribution in [0.15, 0.2) is 18.2 Å². The number of aliphatic hydroxyl groups is 1. The van der Waals surface area contributed by atoms with Crippen LogP contribution in [0, 0.1) is 5.92 Å². The van der Waals surface area contributed by atoms with Gasteiger partial charge >= 0.3 is 0 Å². The lowest BCUT2D eigenvalue weighted by Crippen LogP contribution is -2.12. The SMILES string of the molecule is CC(C)CC(O)c1ccc2c(c1)CCN2C. The average molecular weight is 219 g/mol. The van der Waals surface area contributed by atoms with E-state index in [0.29, 0.717) is 5.92 Å². The molecule has 2 heteroatoms. The van der Waals surface area contributed by atoms with Gasteiger partial charge in [-0.1, -0.05) is 26.0 Å². The van der Waals surface area contributed by atoms with Gasteiger partial charge in [0.25, 0.3) is 0 Å². The Bertz CT molecular complexity index is 373. The summed E-state index contributed by atoms with van der Waals surface area (Å²) in [5.41, 5.74) is 3.77. The minimum absolute atomic E-state index is 0.309. The molecule has 2 rings (SSSR count). The summed E-state index contributed by atoms with van der Waals surface area (Å²) < 4.78 is 0. The normalized spacial score (nSPS) is 16.7. The van der Waals surface area contributed by atoms with E-state index in [4.69, 9.17) is 0 Å². The van der Waals surface area contributed by atoms with E-state index in [9.17, 15) is 5.11 Å².